The molecule has 2 aliphatic rings. The predicted molar refractivity (Wildman–Crippen MR) is 97.7 cm³/mol. The number of amides is 3. The van der Waals surface area contributed by atoms with Crippen molar-refractivity contribution in [2.75, 3.05) is 18.5 Å². The molecule has 3 amide bonds. The first-order chi connectivity index (χ1) is 13.0. The first-order valence-electron chi connectivity index (χ1n) is 9.08. The van der Waals surface area contributed by atoms with E-state index in [1.54, 1.807) is 25.1 Å². The highest BCUT2D eigenvalue weighted by Gasteiger charge is 2.46. The summed E-state index contributed by atoms with van der Waals surface area (Å²) in [6, 6.07) is 6.44. The van der Waals surface area contributed by atoms with Crippen molar-refractivity contribution < 1.29 is 23.9 Å². The van der Waals surface area contributed by atoms with E-state index in [4.69, 9.17) is 4.74 Å². The van der Waals surface area contributed by atoms with Gasteiger partial charge in [-0.2, -0.15) is 0 Å². The van der Waals surface area contributed by atoms with Gasteiger partial charge in [-0.15, -0.1) is 0 Å². The number of benzene rings is 1. The molecule has 1 fully saturated rings. The highest BCUT2D eigenvalue weighted by atomic mass is 16.5. The molecule has 0 unspecified atom stereocenters. The fraction of sp³-hybridized carbons (Fsp3) is 0.400. The van der Waals surface area contributed by atoms with E-state index in [0.29, 0.717) is 24.1 Å². The minimum absolute atomic E-state index is 0.00792. The molecule has 7 heteroatoms. The number of fused-ring (bicyclic) bond motifs is 1. The molecular formula is C20H22N2O5. The van der Waals surface area contributed by atoms with Crippen LogP contribution in [0.15, 0.2) is 36.4 Å². The van der Waals surface area contributed by atoms with Gasteiger partial charge in [-0.1, -0.05) is 18.2 Å². The largest absolute Gasteiger partial charge is 0.462 e. The number of nitrogens with one attached hydrogen (secondary N) is 1. The number of imide groups is 1. The van der Waals surface area contributed by atoms with E-state index in [1.165, 1.54) is 11.0 Å². The zero-order valence-electron chi connectivity index (χ0n) is 15.1. The van der Waals surface area contributed by atoms with Crippen LogP contribution in [0.2, 0.25) is 0 Å². The maximum atomic E-state index is 12.4. The van der Waals surface area contributed by atoms with Crippen LogP contribution in [0.25, 0.3) is 0 Å². The fourth-order valence-electron chi connectivity index (χ4n) is 3.46. The molecule has 27 heavy (non-hydrogen) atoms. The van der Waals surface area contributed by atoms with E-state index in [-0.39, 0.29) is 49.1 Å². The molecule has 0 saturated carbocycles. The smallest absolute Gasteiger partial charge is 0.338 e. The number of ether oxygens (including phenoxy) is 1. The van der Waals surface area contributed by atoms with E-state index in [2.05, 4.69) is 5.32 Å². The monoisotopic (exact) mass is 370 g/mol. The number of carbonyl (C=O) groups excluding carboxylic acids is 4. The zero-order chi connectivity index (χ0) is 19.4. The van der Waals surface area contributed by atoms with Crippen LogP contribution in [0.5, 0.6) is 0 Å². The Labute approximate surface area is 157 Å². The van der Waals surface area contributed by atoms with Crippen molar-refractivity contribution >= 4 is 29.4 Å². The number of nitrogens with zero attached hydrogens (tertiary/aromatic N) is 1. The lowest BCUT2D eigenvalue weighted by Gasteiger charge is -2.14. The molecule has 0 spiro atoms. The van der Waals surface area contributed by atoms with Gasteiger partial charge in [0.15, 0.2) is 0 Å². The number of allylic oxidation sites excluding steroid dienone is 2. The van der Waals surface area contributed by atoms with Crippen molar-refractivity contribution in [3.8, 4) is 0 Å². The minimum Gasteiger partial charge on any atom is -0.462 e. The third kappa shape index (κ3) is 4.07. The second kappa shape index (κ2) is 8.16. The molecule has 1 aromatic rings. The van der Waals surface area contributed by atoms with Crippen LogP contribution >= 0.6 is 0 Å². The fourth-order valence-corrected chi connectivity index (χ4v) is 3.46. The molecule has 1 saturated heterocycles. The van der Waals surface area contributed by atoms with Gasteiger partial charge in [0.05, 0.1) is 24.0 Å². The van der Waals surface area contributed by atoms with Gasteiger partial charge in [0.25, 0.3) is 0 Å². The molecule has 0 bridgehead atoms. The molecule has 0 radical (unpaired) electrons. The SMILES string of the molecule is CCOC(=O)c1cccc(NC(=O)CCN2C(=O)[C@H]3CC=CC[C@H]3C2=O)c1. The average Bonchev–Trinajstić information content (AvgIpc) is 2.91. The van der Waals surface area contributed by atoms with Gasteiger partial charge < -0.3 is 10.1 Å². The summed E-state index contributed by atoms with van der Waals surface area (Å²) in [7, 11) is 0. The standard InChI is InChI=1S/C20H22N2O5/c1-2-27-20(26)13-6-5-7-14(12-13)21-17(23)10-11-22-18(24)15-8-3-4-9-16(15)19(22)25/h3-7,12,15-16H,2,8-11H2,1H3,(H,21,23)/t15-,16+. The van der Waals surface area contributed by atoms with Crippen LogP contribution in [0.1, 0.15) is 36.5 Å². The lowest BCUT2D eigenvalue weighted by Crippen LogP contribution is -2.34. The van der Waals surface area contributed by atoms with Crippen LogP contribution < -0.4 is 5.32 Å². The summed E-state index contributed by atoms with van der Waals surface area (Å²) in [5.74, 6) is -1.74. The lowest BCUT2D eigenvalue weighted by molar-refractivity contribution is -0.140. The second-order valence-electron chi connectivity index (χ2n) is 6.58. The summed E-state index contributed by atoms with van der Waals surface area (Å²) in [5, 5.41) is 2.69. The zero-order valence-corrected chi connectivity index (χ0v) is 15.1. The maximum absolute atomic E-state index is 12.4. The third-order valence-corrected chi connectivity index (χ3v) is 4.82. The number of hydrogen-bond acceptors (Lipinski definition) is 5. The number of likely N-dealkylation sites (tertiary alicyclic amines) is 1. The number of rotatable bonds is 6. The van der Waals surface area contributed by atoms with Crippen molar-refractivity contribution in [1.29, 1.82) is 0 Å². The molecule has 1 aliphatic carbocycles. The van der Waals surface area contributed by atoms with Crippen molar-refractivity contribution in [3.63, 3.8) is 0 Å². The molecule has 7 nitrogen and oxygen atoms in total. The summed E-state index contributed by atoms with van der Waals surface area (Å²) in [6.45, 7) is 2.05. The van der Waals surface area contributed by atoms with Gasteiger partial charge >= 0.3 is 5.97 Å². The van der Waals surface area contributed by atoms with E-state index in [9.17, 15) is 19.2 Å². The molecule has 1 aliphatic heterocycles. The Bertz CT molecular complexity index is 775. The Morgan fingerprint density at radius 3 is 2.44 bits per heavy atom. The molecule has 1 aromatic carbocycles. The van der Waals surface area contributed by atoms with Crippen molar-refractivity contribution in [1.82, 2.24) is 4.90 Å². The van der Waals surface area contributed by atoms with Crippen LogP contribution in [0.4, 0.5) is 5.69 Å². The van der Waals surface area contributed by atoms with Gasteiger partial charge in [0.1, 0.15) is 0 Å². The Morgan fingerprint density at radius 1 is 1.15 bits per heavy atom. The molecule has 0 aromatic heterocycles. The predicted octanol–water partition coefficient (Wildman–Crippen LogP) is 2.14. The number of carbonyl (C=O) groups is 4. The molecule has 3 rings (SSSR count). The lowest BCUT2D eigenvalue weighted by atomic mass is 9.85. The maximum Gasteiger partial charge on any atom is 0.338 e. The third-order valence-electron chi connectivity index (χ3n) is 4.82. The summed E-state index contributed by atoms with van der Waals surface area (Å²) >= 11 is 0. The van der Waals surface area contributed by atoms with E-state index in [0.717, 1.165) is 0 Å². The number of hydrogen-bond donors (Lipinski definition) is 1. The highest BCUT2D eigenvalue weighted by Crippen LogP contribution is 2.35. The van der Waals surface area contributed by atoms with E-state index < -0.39 is 5.97 Å². The number of esters is 1. The normalized spacial score (nSPS) is 21.1. The molecular weight excluding hydrogens is 348 g/mol. The van der Waals surface area contributed by atoms with Gasteiger partial charge in [-0.05, 0) is 38.0 Å². The Kier molecular flexibility index (Phi) is 5.69. The molecule has 2 atom stereocenters. The van der Waals surface area contributed by atoms with Gasteiger partial charge in [0.2, 0.25) is 17.7 Å². The Hall–Kier alpha value is -2.96. The van der Waals surface area contributed by atoms with E-state index in [1.807, 2.05) is 12.2 Å². The first-order valence-corrected chi connectivity index (χ1v) is 9.08. The molecule has 1 N–H and O–H groups in total. The molecule has 142 valence electrons. The Balaban J connectivity index is 1.56. The van der Waals surface area contributed by atoms with Gasteiger partial charge in [0, 0.05) is 18.7 Å². The van der Waals surface area contributed by atoms with Crippen LogP contribution in [-0.4, -0.2) is 41.7 Å². The summed E-state index contributed by atoms with van der Waals surface area (Å²) < 4.78 is 4.93. The Morgan fingerprint density at radius 2 is 1.81 bits per heavy atom. The average molecular weight is 370 g/mol. The molecule has 1 heterocycles. The van der Waals surface area contributed by atoms with Crippen molar-refractivity contribution in [2.45, 2.75) is 26.2 Å². The van der Waals surface area contributed by atoms with Gasteiger partial charge in [-0.3, -0.25) is 19.3 Å². The van der Waals surface area contributed by atoms with Crippen LogP contribution in [-0.2, 0) is 19.1 Å². The summed E-state index contributed by atoms with van der Waals surface area (Å²) in [4.78, 5) is 50.0. The van der Waals surface area contributed by atoms with Gasteiger partial charge in [-0.25, -0.2) is 4.79 Å². The van der Waals surface area contributed by atoms with Crippen molar-refractivity contribution in [3.05, 3.63) is 42.0 Å². The topological polar surface area (TPSA) is 92.8 Å². The summed E-state index contributed by atoms with van der Waals surface area (Å²) in [6.07, 6.45) is 5.03. The quantitative estimate of drug-likeness (QED) is 0.470. The second-order valence-corrected chi connectivity index (χ2v) is 6.58. The minimum atomic E-state index is -0.460. The van der Waals surface area contributed by atoms with E-state index >= 15 is 0 Å². The van der Waals surface area contributed by atoms with Crippen molar-refractivity contribution in [2.24, 2.45) is 11.8 Å². The van der Waals surface area contributed by atoms with Crippen LogP contribution in [0, 0.1) is 11.8 Å². The van der Waals surface area contributed by atoms with Crippen LogP contribution in [0.3, 0.4) is 0 Å². The highest BCUT2D eigenvalue weighted by molar-refractivity contribution is 6.06. The summed E-state index contributed by atoms with van der Waals surface area (Å²) in [5.41, 5.74) is 0.804. The first kappa shape index (κ1) is 18.8. The number of anilines is 1.